The number of nitrogens with zero attached hydrogens (tertiary/aromatic N) is 1. The number of hydrogen-bond acceptors (Lipinski definition) is 2. The third kappa shape index (κ3) is 2.07. The monoisotopic (exact) mass is 320 g/mol. The molecule has 0 bridgehead atoms. The van der Waals surface area contributed by atoms with Gasteiger partial charge in [0.1, 0.15) is 5.69 Å². The summed E-state index contributed by atoms with van der Waals surface area (Å²) in [4.78, 5) is 3.14. The average molecular weight is 321 g/mol. The zero-order valence-electron chi connectivity index (χ0n) is 9.26. The number of furan rings is 1. The highest BCUT2D eigenvalue weighted by atomic mass is 79.9. The molecule has 90 valence electrons. The van der Waals surface area contributed by atoms with Gasteiger partial charge in [-0.2, -0.15) is 0 Å². The number of hydrogen-bond donors (Lipinski definition) is 1. The largest absolute Gasteiger partial charge is 0.448 e. The zero-order chi connectivity index (χ0) is 12.5. The molecule has 0 fully saturated rings. The van der Waals surface area contributed by atoms with Gasteiger partial charge < -0.3 is 9.40 Å². The van der Waals surface area contributed by atoms with Gasteiger partial charge in [-0.3, -0.25) is 4.57 Å². The van der Waals surface area contributed by atoms with Crippen molar-refractivity contribution < 1.29 is 4.42 Å². The minimum Gasteiger partial charge on any atom is -0.448 e. The summed E-state index contributed by atoms with van der Waals surface area (Å²) in [6.45, 7) is 0. The van der Waals surface area contributed by atoms with E-state index in [4.69, 9.17) is 16.6 Å². The van der Waals surface area contributed by atoms with Gasteiger partial charge in [0.2, 0.25) is 0 Å². The summed E-state index contributed by atoms with van der Waals surface area (Å²) in [5.41, 5.74) is 1.88. The Hall–Kier alpha value is -1.59. The van der Waals surface area contributed by atoms with Gasteiger partial charge in [-0.15, -0.1) is 0 Å². The first-order valence-corrected chi connectivity index (χ1v) is 6.57. The van der Waals surface area contributed by atoms with Crippen LogP contribution in [0.1, 0.15) is 0 Å². The summed E-state index contributed by atoms with van der Waals surface area (Å²) in [7, 11) is 0. The Morgan fingerprint density at radius 2 is 1.89 bits per heavy atom. The van der Waals surface area contributed by atoms with E-state index in [2.05, 4.69) is 20.9 Å². The lowest BCUT2D eigenvalue weighted by Crippen LogP contribution is -1.90. The fourth-order valence-corrected chi connectivity index (χ4v) is 2.33. The maximum Gasteiger partial charge on any atom is 0.182 e. The van der Waals surface area contributed by atoms with E-state index in [9.17, 15) is 0 Å². The molecule has 1 aromatic carbocycles. The van der Waals surface area contributed by atoms with Crippen LogP contribution >= 0.6 is 28.1 Å². The first-order valence-electron chi connectivity index (χ1n) is 5.37. The Balaban J connectivity index is 2.09. The van der Waals surface area contributed by atoms with Crippen LogP contribution in [0.25, 0.3) is 17.1 Å². The van der Waals surface area contributed by atoms with Crippen LogP contribution in [0.5, 0.6) is 0 Å². The molecule has 3 rings (SSSR count). The molecule has 3 aromatic rings. The Morgan fingerprint density at radius 1 is 1.11 bits per heavy atom. The highest BCUT2D eigenvalue weighted by Crippen LogP contribution is 2.24. The molecule has 0 saturated carbocycles. The van der Waals surface area contributed by atoms with Crippen LogP contribution in [0.2, 0.25) is 0 Å². The quantitative estimate of drug-likeness (QED) is 0.702. The summed E-state index contributed by atoms with van der Waals surface area (Å²) >= 11 is 8.60. The maximum absolute atomic E-state index is 5.50. The first kappa shape index (κ1) is 11.5. The van der Waals surface area contributed by atoms with Crippen molar-refractivity contribution >= 4 is 28.1 Å². The zero-order valence-corrected chi connectivity index (χ0v) is 11.7. The van der Waals surface area contributed by atoms with Gasteiger partial charge in [0.05, 0.1) is 0 Å². The molecule has 1 N–H and O–H groups in total. The highest BCUT2D eigenvalue weighted by molar-refractivity contribution is 9.10. The van der Waals surface area contributed by atoms with Gasteiger partial charge in [0.25, 0.3) is 0 Å². The first-order chi connectivity index (χ1) is 8.74. The molecule has 3 nitrogen and oxygen atoms in total. The van der Waals surface area contributed by atoms with E-state index in [-0.39, 0.29) is 0 Å². The van der Waals surface area contributed by atoms with E-state index >= 15 is 0 Å². The van der Waals surface area contributed by atoms with E-state index in [1.54, 1.807) is 0 Å². The molecule has 0 aliphatic heterocycles. The van der Waals surface area contributed by atoms with Crippen LogP contribution in [0.15, 0.2) is 57.7 Å². The second kappa shape index (κ2) is 4.59. The summed E-state index contributed by atoms with van der Waals surface area (Å²) in [5, 5.41) is 0. The van der Waals surface area contributed by atoms with Gasteiger partial charge in [0, 0.05) is 11.9 Å². The molecule has 0 radical (unpaired) electrons. The number of aromatic nitrogens is 2. The lowest BCUT2D eigenvalue weighted by molar-refractivity contribution is 0.554. The Labute approximate surface area is 117 Å². The lowest BCUT2D eigenvalue weighted by atomic mass is 10.3. The minimum atomic E-state index is 0.642. The van der Waals surface area contributed by atoms with Crippen molar-refractivity contribution in [3.8, 4) is 17.1 Å². The molecule has 0 aliphatic rings. The maximum atomic E-state index is 5.50. The van der Waals surface area contributed by atoms with Crippen LogP contribution < -0.4 is 0 Å². The number of benzene rings is 1. The fraction of sp³-hybridized carbons (Fsp3) is 0. The summed E-state index contributed by atoms with van der Waals surface area (Å²) in [6, 6.07) is 13.7. The van der Waals surface area contributed by atoms with E-state index in [1.807, 2.05) is 53.2 Å². The van der Waals surface area contributed by atoms with Gasteiger partial charge in [-0.05, 0) is 52.4 Å². The second-order valence-electron chi connectivity index (χ2n) is 3.78. The third-order valence-electron chi connectivity index (χ3n) is 2.59. The normalized spacial score (nSPS) is 10.7. The molecule has 0 amide bonds. The second-order valence-corrected chi connectivity index (χ2v) is 4.95. The minimum absolute atomic E-state index is 0.642. The van der Waals surface area contributed by atoms with Gasteiger partial charge in [-0.1, -0.05) is 18.2 Å². The molecule has 18 heavy (non-hydrogen) atoms. The van der Waals surface area contributed by atoms with Crippen LogP contribution in [0, 0.1) is 4.77 Å². The van der Waals surface area contributed by atoms with E-state index < -0.39 is 0 Å². The van der Waals surface area contributed by atoms with Crippen LogP contribution in [-0.4, -0.2) is 9.55 Å². The molecule has 2 heterocycles. The van der Waals surface area contributed by atoms with Crippen LogP contribution in [0.3, 0.4) is 0 Å². The topological polar surface area (TPSA) is 33.9 Å². The summed E-state index contributed by atoms with van der Waals surface area (Å²) in [6.07, 6.45) is 1.93. The predicted molar refractivity (Wildman–Crippen MR) is 76.4 cm³/mol. The lowest BCUT2D eigenvalue weighted by Gasteiger charge is -1.99. The number of aromatic amines is 1. The molecule has 0 saturated heterocycles. The molecular formula is C13H9BrN2OS. The number of nitrogens with one attached hydrogen (secondary N) is 1. The fourth-order valence-electron chi connectivity index (χ4n) is 1.76. The van der Waals surface area contributed by atoms with Gasteiger partial charge >= 0.3 is 0 Å². The van der Waals surface area contributed by atoms with Crippen molar-refractivity contribution in [1.82, 2.24) is 9.55 Å². The SMILES string of the molecule is S=c1[nH]c(-c2ccc(Br)o2)cn1-c1ccccc1. The summed E-state index contributed by atoms with van der Waals surface area (Å²) < 4.78 is 8.76. The van der Waals surface area contributed by atoms with Crippen molar-refractivity contribution in [2.24, 2.45) is 0 Å². The summed E-state index contributed by atoms with van der Waals surface area (Å²) in [5.74, 6) is 0.752. The van der Waals surface area contributed by atoms with Gasteiger partial charge in [0.15, 0.2) is 15.2 Å². The Kier molecular flexibility index (Phi) is 2.93. The molecule has 5 heteroatoms. The standard InChI is InChI=1S/C13H9BrN2OS/c14-12-7-6-11(17-12)10-8-16(13(18)15-10)9-4-2-1-3-5-9/h1-8H,(H,15,18). The van der Waals surface area contributed by atoms with E-state index in [1.165, 1.54) is 0 Å². The Morgan fingerprint density at radius 3 is 2.56 bits per heavy atom. The Bertz CT molecular complexity index is 727. The smallest absolute Gasteiger partial charge is 0.182 e. The predicted octanol–water partition coefficient (Wildman–Crippen LogP) is 4.56. The molecular weight excluding hydrogens is 312 g/mol. The number of H-pyrrole nitrogens is 1. The number of halogens is 1. The van der Waals surface area contributed by atoms with Gasteiger partial charge in [-0.25, -0.2) is 0 Å². The van der Waals surface area contributed by atoms with Crippen molar-refractivity contribution in [1.29, 1.82) is 0 Å². The average Bonchev–Trinajstić information content (AvgIpc) is 2.97. The van der Waals surface area contributed by atoms with Crippen molar-refractivity contribution in [3.63, 3.8) is 0 Å². The van der Waals surface area contributed by atoms with E-state index in [0.29, 0.717) is 9.44 Å². The van der Waals surface area contributed by atoms with Crippen LogP contribution in [0.4, 0.5) is 0 Å². The number of para-hydroxylation sites is 1. The number of imidazole rings is 1. The molecule has 0 aliphatic carbocycles. The van der Waals surface area contributed by atoms with Crippen LogP contribution in [-0.2, 0) is 0 Å². The molecule has 0 unspecified atom stereocenters. The highest BCUT2D eigenvalue weighted by Gasteiger charge is 2.08. The van der Waals surface area contributed by atoms with Crippen molar-refractivity contribution in [2.45, 2.75) is 0 Å². The van der Waals surface area contributed by atoms with Crippen molar-refractivity contribution in [3.05, 3.63) is 58.1 Å². The third-order valence-corrected chi connectivity index (χ3v) is 3.32. The molecule has 0 spiro atoms. The van der Waals surface area contributed by atoms with E-state index in [0.717, 1.165) is 17.1 Å². The van der Waals surface area contributed by atoms with Crippen molar-refractivity contribution in [2.75, 3.05) is 0 Å². The number of rotatable bonds is 2. The molecule has 2 aromatic heterocycles. The molecule has 0 atom stereocenters.